The van der Waals surface area contributed by atoms with Crippen LogP contribution >= 0.6 is 0 Å². The van der Waals surface area contributed by atoms with Crippen molar-refractivity contribution in [3.05, 3.63) is 78.5 Å². The van der Waals surface area contributed by atoms with Gasteiger partial charge in [-0.1, -0.05) is 62.2 Å². The second-order valence-corrected chi connectivity index (χ2v) is 9.03. The Morgan fingerprint density at radius 3 is 2.71 bits per heavy atom. The molecule has 1 aliphatic heterocycles. The molecule has 0 amide bonds. The fourth-order valence-electron chi connectivity index (χ4n) is 5.25. The van der Waals surface area contributed by atoms with Crippen LogP contribution in [0.5, 0.6) is 5.75 Å². The van der Waals surface area contributed by atoms with E-state index in [1.807, 2.05) is 48.7 Å². The molecule has 1 aliphatic carbocycles. The molecule has 1 unspecified atom stereocenters. The Balaban J connectivity index is 1.36. The average Bonchev–Trinajstić information content (AvgIpc) is 3.60. The molecule has 2 aliphatic rings. The lowest BCUT2D eigenvalue weighted by atomic mass is 10.0. The highest BCUT2D eigenvalue weighted by atomic mass is 16.5. The molecule has 0 bridgehead atoms. The lowest BCUT2D eigenvalue weighted by molar-refractivity contribution is 0.306. The maximum Gasteiger partial charge on any atom is 0.161 e. The summed E-state index contributed by atoms with van der Waals surface area (Å²) in [5.41, 5.74) is 3.04. The first kappa shape index (κ1) is 20.8. The Bertz CT molecular complexity index is 1280. The molecule has 4 aromatic rings. The normalized spacial score (nSPS) is 17.4. The van der Waals surface area contributed by atoms with Crippen LogP contribution in [0.25, 0.3) is 17.1 Å². The Labute approximate surface area is 199 Å². The first-order valence-corrected chi connectivity index (χ1v) is 12.1. The third kappa shape index (κ3) is 3.71. The van der Waals surface area contributed by atoms with E-state index in [0.29, 0.717) is 18.5 Å². The summed E-state index contributed by atoms with van der Waals surface area (Å²) in [5, 5.41) is 8.68. The Morgan fingerprint density at radius 2 is 1.88 bits per heavy atom. The molecule has 0 radical (unpaired) electrons. The first-order valence-electron chi connectivity index (χ1n) is 12.1. The molecule has 2 aromatic heterocycles. The molecular formula is C27H28N6O. The zero-order chi connectivity index (χ0) is 22.9. The highest BCUT2D eigenvalue weighted by molar-refractivity contribution is 5.67. The highest BCUT2D eigenvalue weighted by Crippen LogP contribution is 2.43. The highest BCUT2D eigenvalue weighted by Gasteiger charge is 2.38. The second kappa shape index (κ2) is 8.89. The van der Waals surface area contributed by atoms with E-state index in [9.17, 15) is 0 Å². The number of fused-ring (bicyclic) bond motifs is 3. The van der Waals surface area contributed by atoms with Crippen molar-refractivity contribution in [3.8, 4) is 22.8 Å². The molecular weight excluding hydrogens is 424 g/mol. The smallest absolute Gasteiger partial charge is 0.161 e. The quantitative estimate of drug-likeness (QED) is 0.384. The van der Waals surface area contributed by atoms with Crippen molar-refractivity contribution in [1.82, 2.24) is 24.7 Å². The molecule has 2 aromatic carbocycles. The molecule has 7 nitrogen and oxygen atoms in total. The molecule has 1 atom stereocenters. The Kier molecular flexibility index (Phi) is 5.45. The van der Waals surface area contributed by atoms with Crippen LogP contribution in [-0.4, -0.2) is 30.8 Å². The predicted molar refractivity (Wildman–Crippen MR) is 131 cm³/mol. The van der Waals surface area contributed by atoms with Gasteiger partial charge in [0.1, 0.15) is 24.4 Å². The van der Waals surface area contributed by atoms with Crippen LogP contribution < -0.4 is 9.64 Å². The van der Waals surface area contributed by atoms with E-state index in [-0.39, 0.29) is 6.04 Å². The molecule has 7 heteroatoms. The van der Waals surface area contributed by atoms with Crippen molar-refractivity contribution in [2.75, 3.05) is 4.90 Å². The zero-order valence-electron chi connectivity index (χ0n) is 19.3. The summed E-state index contributed by atoms with van der Waals surface area (Å²) < 4.78 is 8.11. The van der Waals surface area contributed by atoms with Gasteiger partial charge < -0.3 is 9.64 Å². The maximum atomic E-state index is 6.05. The van der Waals surface area contributed by atoms with E-state index < -0.39 is 0 Å². The summed E-state index contributed by atoms with van der Waals surface area (Å²) in [7, 11) is 0. The predicted octanol–water partition coefficient (Wildman–Crippen LogP) is 5.52. The van der Waals surface area contributed by atoms with Gasteiger partial charge in [-0.15, -0.1) is 10.2 Å². The van der Waals surface area contributed by atoms with Crippen molar-refractivity contribution in [1.29, 1.82) is 0 Å². The molecule has 0 spiro atoms. The van der Waals surface area contributed by atoms with Gasteiger partial charge in [0, 0.05) is 11.6 Å². The van der Waals surface area contributed by atoms with Crippen LogP contribution in [0.15, 0.2) is 67.1 Å². The van der Waals surface area contributed by atoms with E-state index in [4.69, 9.17) is 14.7 Å². The van der Waals surface area contributed by atoms with Gasteiger partial charge in [0.05, 0.1) is 12.2 Å². The summed E-state index contributed by atoms with van der Waals surface area (Å²) in [5.74, 6) is 3.47. The summed E-state index contributed by atoms with van der Waals surface area (Å²) in [6, 6.07) is 18.9. The topological polar surface area (TPSA) is 69.0 Å². The van der Waals surface area contributed by atoms with Gasteiger partial charge in [-0.05, 0) is 37.0 Å². The van der Waals surface area contributed by atoms with Gasteiger partial charge in [0.25, 0.3) is 0 Å². The van der Waals surface area contributed by atoms with Crippen LogP contribution in [0.1, 0.15) is 56.5 Å². The minimum Gasteiger partial charge on any atom is -0.489 e. The number of anilines is 1. The fourth-order valence-corrected chi connectivity index (χ4v) is 5.25. The molecule has 6 rings (SSSR count). The number of nitrogens with zero attached hydrogens (tertiary/aromatic N) is 6. The van der Waals surface area contributed by atoms with E-state index in [2.05, 4.69) is 38.7 Å². The van der Waals surface area contributed by atoms with Crippen LogP contribution in [0.2, 0.25) is 0 Å². The fraction of sp³-hybridized carbons (Fsp3) is 0.333. The number of benzene rings is 2. The number of rotatable bonds is 6. The van der Waals surface area contributed by atoms with E-state index in [1.165, 1.54) is 25.7 Å². The Morgan fingerprint density at radius 1 is 1.03 bits per heavy atom. The van der Waals surface area contributed by atoms with Crippen LogP contribution in [-0.2, 0) is 6.61 Å². The standard InChI is InChI=1S/C27H28N6O/c1-2-23-27-31-29-18-32(27)24-16-28-25(30-26(24)33(23)21-12-6-7-13-21)20-11-8-14-22(15-20)34-17-19-9-4-3-5-10-19/h3-5,8-11,14-16,18,21,23H,2,6-7,12-13,17H2,1H3. The largest absolute Gasteiger partial charge is 0.489 e. The van der Waals surface area contributed by atoms with Crippen LogP contribution in [0.3, 0.4) is 0 Å². The van der Waals surface area contributed by atoms with Crippen molar-refractivity contribution in [3.63, 3.8) is 0 Å². The molecule has 0 N–H and O–H groups in total. The minimum absolute atomic E-state index is 0.168. The number of hydrogen-bond acceptors (Lipinski definition) is 6. The van der Waals surface area contributed by atoms with Gasteiger partial charge in [-0.25, -0.2) is 9.97 Å². The second-order valence-electron chi connectivity index (χ2n) is 9.03. The monoisotopic (exact) mass is 452 g/mol. The van der Waals surface area contributed by atoms with Gasteiger partial charge in [-0.2, -0.15) is 0 Å². The van der Waals surface area contributed by atoms with Crippen LogP contribution in [0.4, 0.5) is 5.82 Å². The third-order valence-corrected chi connectivity index (χ3v) is 6.91. The van der Waals surface area contributed by atoms with Crippen molar-refractivity contribution in [2.24, 2.45) is 0 Å². The molecule has 1 fully saturated rings. The first-order chi connectivity index (χ1) is 16.8. The lowest BCUT2D eigenvalue weighted by Gasteiger charge is -2.40. The molecule has 34 heavy (non-hydrogen) atoms. The lowest BCUT2D eigenvalue weighted by Crippen LogP contribution is -2.42. The van der Waals surface area contributed by atoms with E-state index in [1.54, 1.807) is 6.33 Å². The number of ether oxygens (including phenoxy) is 1. The van der Waals surface area contributed by atoms with Crippen molar-refractivity contribution < 1.29 is 4.74 Å². The number of aromatic nitrogens is 5. The van der Waals surface area contributed by atoms with Crippen molar-refractivity contribution >= 4 is 5.82 Å². The van der Waals surface area contributed by atoms with Gasteiger partial charge >= 0.3 is 0 Å². The zero-order valence-corrected chi connectivity index (χ0v) is 19.3. The SMILES string of the molecule is CCC1c2nncn2-c2cnc(-c3cccc(OCc4ccccc4)c3)nc2N1C1CCCC1. The Hall–Kier alpha value is -3.74. The molecule has 1 saturated carbocycles. The molecule has 0 saturated heterocycles. The molecule has 172 valence electrons. The van der Waals surface area contributed by atoms with Gasteiger partial charge in [0.15, 0.2) is 17.5 Å². The summed E-state index contributed by atoms with van der Waals surface area (Å²) in [6.07, 6.45) is 9.55. The maximum absolute atomic E-state index is 6.05. The van der Waals surface area contributed by atoms with Gasteiger partial charge in [0.2, 0.25) is 0 Å². The van der Waals surface area contributed by atoms with Crippen molar-refractivity contribution in [2.45, 2.75) is 57.7 Å². The summed E-state index contributed by atoms with van der Waals surface area (Å²) >= 11 is 0. The van der Waals surface area contributed by atoms with E-state index in [0.717, 1.165) is 40.6 Å². The summed E-state index contributed by atoms with van der Waals surface area (Å²) in [6.45, 7) is 2.74. The number of hydrogen-bond donors (Lipinski definition) is 0. The minimum atomic E-state index is 0.168. The van der Waals surface area contributed by atoms with Gasteiger partial charge in [-0.3, -0.25) is 4.57 Å². The van der Waals surface area contributed by atoms with E-state index >= 15 is 0 Å². The third-order valence-electron chi connectivity index (χ3n) is 6.91. The van der Waals surface area contributed by atoms with Crippen LogP contribution in [0, 0.1) is 0 Å². The molecule has 3 heterocycles. The summed E-state index contributed by atoms with van der Waals surface area (Å²) in [4.78, 5) is 12.4. The average molecular weight is 453 g/mol.